The van der Waals surface area contributed by atoms with Crippen LogP contribution in [0.25, 0.3) is 5.65 Å². The van der Waals surface area contributed by atoms with Crippen LogP contribution in [0.2, 0.25) is 0 Å². The summed E-state index contributed by atoms with van der Waals surface area (Å²) in [4.78, 5) is 18.1. The van der Waals surface area contributed by atoms with Crippen LogP contribution < -0.4 is 15.9 Å². The molecule has 1 unspecified atom stereocenters. The normalized spacial score (nSPS) is 18.7. The van der Waals surface area contributed by atoms with Crippen molar-refractivity contribution in [2.45, 2.75) is 18.9 Å². The molecule has 8 heteroatoms. The highest BCUT2D eigenvalue weighted by molar-refractivity contribution is 5.51. The van der Waals surface area contributed by atoms with Gasteiger partial charge in [-0.05, 0) is 12.8 Å². The first-order chi connectivity index (χ1) is 10.3. The van der Waals surface area contributed by atoms with E-state index in [4.69, 9.17) is 4.74 Å². The minimum absolute atomic E-state index is 0.261. The summed E-state index contributed by atoms with van der Waals surface area (Å²) in [6.45, 7) is 3.45. The number of H-pyrrole nitrogens is 1. The van der Waals surface area contributed by atoms with Gasteiger partial charge >= 0.3 is 5.69 Å². The lowest BCUT2D eigenvalue weighted by atomic mass is 10.2. The maximum atomic E-state index is 11.4. The van der Waals surface area contributed by atoms with Gasteiger partial charge in [0.2, 0.25) is 0 Å². The molecule has 1 atom stereocenters. The molecule has 3 rings (SSSR count). The minimum atomic E-state index is -0.261. The van der Waals surface area contributed by atoms with Gasteiger partial charge in [-0.1, -0.05) is 0 Å². The zero-order chi connectivity index (χ0) is 14.7. The lowest BCUT2D eigenvalue weighted by Gasteiger charge is -2.25. The third-order valence-electron chi connectivity index (χ3n) is 3.83. The molecule has 0 radical (unpaired) electrons. The molecule has 21 heavy (non-hydrogen) atoms. The van der Waals surface area contributed by atoms with Crippen molar-refractivity contribution in [2.24, 2.45) is 0 Å². The van der Waals surface area contributed by atoms with E-state index in [0.29, 0.717) is 18.3 Å². The predicted octanol–water partition coefficient (Wildman–Crippen LogP) is -0.378. The van der Waals surface area contributed by atoms with Crippen molar-refractivity contribution in [3.05, 3.63) is 22.9 Å². The fraction of sp³-hybridized carbons (Fsp3) is 0.615. The Kier molecular flexibility index (Phi) is 4.16. The summed E-state index contributed by atoms with van der Waals surface area (Å²) in [5.74, 6) is 0.873. The maximum Gasteiger partial charge on any atom is 0.348 e. The van der Waals surface area contributed by atoms with Gasteiger partial charge in [-0.25, -0.2) is 19.3 Å². The largest absolute Gasteiger partial charge is 0.383 e. The molecule has 0 aliphatic carbocycles. The van der Waals surface area contributed by atoms with Crippen LogP contribution in [-0.2, 0) is 4.74 Å². The van der Waals surface area contributed by atoms with Gasteiger partial charge in [0.15, 0.2) is 5.65 Å². The summed E-state index contributed by atoms with van der Waals surface area (Å²) in [5, 5.41) is 9.81. The maximum absolute atomic E-state index is 11.4. The van der Waals surface area contributed by atoms with Crippen LogP contribution in [0.1, 0.15) is 12.8 Å². The van der Waals surface area contributed by atoms with Crippen LogP contribution in [-0.4, -0.2) is 59.0 Å². The second-order valence-corrected chi connectivity index (χ2v) is 5.19. The Hall–Kier alpha value is -1.93. The highest BCUT2D eigenvalue weighted by Crippen LogP contribution is 2.23. The number of ether oxygens (including phenoxy) is 1. The van der Waals surface area contributed by atoms with E-state index in [1.165, 1.54) is 10.7 Å². The first-order valence-electron chi connectivity index (χ1n) is 7.18. The van der Waals surface area contributed by atoms with E-state index in [1.54, 1.807) is 7.11 Å². The van der Waals surface area contributed by atoms with Gasteiger partial charge in [-0.3, -0.25) is 0 Å². The Morgan fingerprint density at radius 2 is 2.48 bits per heavy atom. The number of nitrogens with zero attached hydrogens (tertiary/aromatic N) is 4. The summed E-state index contributed by atoms with van der Waals surface area (Å²) < 4.78 is 6.44. The topological polar surface area (TPSA) is 87.5 Å². The van der Waals surface area contributed by atoms with Crippen LogP contribution in [0.4, 0.5) is 5.82 Å². The number of hydrogen-bond donors (Lipinski definition) is 2. The molecule has 2 aromatic heterocycles. The Labute approximate surface area is 122 Å². The first-order valence-corrected chi connectivity index (χ1v) is 7.18. The van der Waals surface area contributed by atoms with Gasteiger partial charge in [0.25, 0.3) is 0 Å². The van der Waals surface area contributed by atoms with Gasteiger partial charge < -0.3 is 15.0 Å². The molecule has 1 saturated heterocycles. The standard InChI is InChI=1S/C13H20N6O2/c1-21-6-4-14-8-10-3-2-5-18(10)11-7-12-16-17-13(20)19(12)9-15-11/h7,9-10,14H,2-6,8H2,1H3,(H,17,20). The summed E-state index contributed by atoms with van der Waals surface area (Å²) in [6.07, 6.45) is 3.82. The highest BCUT2D eigenvalue weighted by atomic mass is 16.5. The van der Waals surface area contributed by atoms with E-state index in [9.17, 15) is 4.79 Å². The molecular weight excluding hydrogens is 272 g/mol. The van der Waals surface area contributed by atoms with E-state index >= 15 is 0 Å². The molecule has 0 bridgehead atoms. The van der Waals surface area contributed by atoms with Gasteiger partial charge in [-0.15, -0.1) is 0 Å². The Morgan fingerprint density at radius 1 is 1.57 bits per heavy atom. The molecular formula is C13H20N6O2. The molecule has 8 nitrogen and oxygen atoms in total. The molecule has 1 aliphatic heterocycles. The van der Waals surface area contributed by atoms with Crippen molar-refractivity contribution >= 4 is 11.5 Å². The van der Waals surface area contributed by atoms with Crippen LogP contribution >= 0.6 is 0 Å². The van der Waals surface area contributed by atoms with Gasteiger partial charge in [-0.2, -0.15) is 5.10 Å². The molecule has 2 aromatic rings. The summed E-state index contributed by atoms with van der Waals surface area (Å²) in [7, 11) is 1.70. The molecule has 0 aromatic carbocycles. The second kappa shape index (κ2) is 6.23. The number of aromatic amines is 1. The number of anilines is 1. The summed E-state index contributed by atoms with van der Waals surface area (Å²) in [6, 6.07) is 2.27. The number of nitrogens with one attached hydrogen (secondary N) is 2. The quantitative estimate of drug-likeness (QED) is 0.706. The molecule has 0 saturated carbocycles. The lowest BCUT2D eigenvalue weighted by Crippen LogP contribution is -2.39. The van der Waals surface area contributed by atoms with Crippen molar-refractivity contribution in [2.75, 3.05) is 38.3 Å². The fourth-order valence-electron chi connectivity index (χ4n) is 2.75. The van der Waals surface area contributed by atoms with Crippen molar-refractivity contribution in [3.63, 3.8) is 0 Å². The van der Waals surface area contributed by atoms with E-state index in [-0.39, 0.29) is 5.69 Å². The van der Waals surface area contributed by atoms with E-state index in [1.807, 2.05) is 6.07 Å². The zero-order valence-electron chi connectivity index (χ0n) is 12.1. The molecule has 114 valence electrons. The average Bonchev–Trinajstić information content (AvgIpc) is 3.10. The Morgan fingerprint density at radius 3 is 3.33 bits per heavy atom. The number of hydrogen-bond acceptors (Lipinski definition) is 6. The summed E-state index contributed by atoms with van der Waals surface area (Å²) in [5.41, 5.74) is 0.339. The monoisotopic (exact) mass is 292 g/mol. The SMILES string of the molecule is COCCNCC1CCCN1c1cc2n[nH]c(=O)n2cn1. The molecule has 1 aliphatic rings. The summed E-state index contributed by atoms with van der Waals surface area (Å²) >= 11 is 0. The van der Waals surface area contributed by atoms with E-state index in [2.05, 4.69) is 25.4 Å². The first kappa shape index (κ1) is 14.0. The second-order valence-electron chi connectivity index (χ2n) is 5.19. The van der Waals surface area contributed by atoms with E-state index < -0.39 is 0 Å². The highest BCUT2D eigenvalue weighted by Gasteiger charge is 2.25. The third-order valence-corrected chi connectivity index (χ3v) is 3.83. The lowest BCUT2D eigenvalue weighted by molar-refractivity contribution is 0.199. The predicted molar refractivity (Wildman–Crippen MR) is 78.7 cm³/mol. The molecule has 0 amide bonds. The molecule has 3 heterocycles. The smallest absolute Gasteiger partial charge is 0.348 e. The van der Waals surface area contributed by atoms with Crippen molar-refractivity contribution in [1.29, 1.82) is 0 Å². The molecule has 2 N–H and O–H groups in total. The Balaban J connectivity index is 1.72. The van der Waals surface area contributed by atoms with Crippen LogP contribution in [0.3, 0.4) is 0 Å². The van der Waals surface area contributed by atoms with Crippen molar-refractivity contribution in [1.82, 2.24) is 24.9 Å². The van der Waals surface area contributed by atoms with Crippen LogP contribution in [0.5, 0.6) is 0 Å². The van der Waals surface area contributed by atoms with Crippen LogP contribution in [0, 0.1) is 0 Å². The minimum Gasteiger partial charge on any atom is -0.383 e. The third kappa shape index (κ3) is 2.91. The zero-order valence-corrected chi connectivity index (χ0v) is 12.1. The number of fused-ring (bicyclic) bond motifs is 1. The number of methoxy groups -OCH3 is 1. The number of aromatic nitrogens is 4. The molecule has 1 fully saturated rings. The van der Waals surface area contributed by atoms with Crippen molar-refractivity contribution in [3.8, 4) is 0 Å². The van der Waals surface area contributed by atoms with Crippen molar-refractivity contribution < 1.29 is 4.74 Å². The average molecular weight is 292 g/mol. The fourth-order valence-corrected chi connectivity index (χ4v) is 2.75. The van der Waals surface area contributed by atoms with Gasteiger partial charge in [0.1, 0.15) is 12.1 Å². The number of rotatable bonds is 6. The van der Waals surface area contributed by atoms with E-state index in [0.717, 1.165) is 38.3 Å². The van der Waals surface area contributed by atoms with Crippen LogP contribution in [0.15, 0.2) is 17.2 Å². The molecule has 0 spiro atoms. The Bertz CT molecular complexity index is 651. The van der Waals surface area contributed by atoms with Gasteiger partial charge in [0, 0.05) is 38.9 Å². The van der Waals surface area contributed by atoms with Gasteiger partial charge in [0.05, 0.1) is 6.61 Å².